The summed E-state index contributed by atoms with van der Waals surface area (Å²) in [5, 5.41) is 3.63. The van der Waals surface area contributed by atoms with E-state index in [0.717, 1.165) is 21.2 Å². The summed E-state index contributed by atoms with van der Waals surface area (Å²) in [6, 6.07) is 10.6. The van der Waals surface area contributed by atoms with Gasteiger partial charge in [0.15, 0.2) is 6.61 Å². The molecule has 0 aromatic heterocycles. The van der Waals surface area contributed by atoms with E-state index in [0.29, 0.717) is 17.3 Å². The minimum absolute atomic E-state index is 0.176. The van der Waals surface area contributed by atoms with Crippen molar-refractivity contribution in [3.05, 3.63) is 62.6 Å². The molecule has 0 saturated carbocycles. The molecule has 1 atom stereocenters. The fourth-order valence-electron chi connectivity index (χ4n) is 3.06. The van der Waals surface area contributed by atoms with E-state index < -0.39 is 11.6 Å². The lowest BCUT2D eigenvalue weighted by Gasteiger charge is -2.31. The zero-order valence-electron chi connectivity index (χ0n) is 18.9. The Bertz CT molecular complexity index is 916. The summed E-state index contributed by atoms with van der Waals surface area (Å²) in [6.07, 6.45) is 0. The summed E-state index contributed by atoms with van der Waals surface area (Å²) in [7, 11) is 0. The van der Waals surface area contributed by atoms with Crippen LogP contribution in [0.15, 0.2) is 40.9 Å². The molecule has 2 amide bonds. The Labute approximate surface area is 198 Å². The van der Waals surface area contributed by atoms with Crippen molar-refractivity contribution in [3.63, 3.8) is 0 Å². The largest absolute Gasteiger partial charge is 0.484 e. The smallest absolute Gasteiger partial charge is 0.261 e. The number of aryl methyl sites for hydroxylation is 2. The molecule has 1 unspecified atom stereocenters. The highest BCUT2D eigenvalue weighted by Crippen LogP contribution is 2.26. The van der Waals surface area contributed by atoms with Crippen molar-refractivity contribution >= 4 is 39.3 Å². The Morgan fingerprint density at radius 2 is 1.68 bits per heavy atom. The predicted molar refractivity (Wildman–Crippen MR) is 128 cm³/mol. The molecule has 7 heteroatoms. The fraction of sp³-hybridized carbons (Fsp3) is 0.417. The third kappa shape index (κ3) is 7.54. The summed E-state index contributed by atoms with van der Waals surface area (Å²) < 4.78 is 6.71. The van der Waals surface area contributed by atoms with Gasteiger partial charge in [-0.2, -0.15) is 0 Å². The first kappa shape index (κ1) is 25.2. The molecule has 0 aliphatic heterocycles. The van der Waals surface area contributed by atoms with Gasteiger partial charge in [0.1, 0.15) is 11.8 Å². The van der Waals surface area contributed by atoms with Crippen LogP contribution < -0.4 is 10.1 Å². The van der Waals surface area contributed by atoms with E-state index in [-0.39, 0.29) is 18.4 Å². The molecule has 0 radical (unpaired) electrons. The van der Waals surface area contributed by atoms with E-state index in [1.807, 2.05) is 58.9 Å². The second-order valence-electron chi connectivity index (χ2n) is 8.72. The van der Waals surface area contributed by atoms with Crippen molar-refractivity contribution in [1.29, 1.82) is 0 Å². The van der Waals surface area contributed by atoms with Crippen molar-refractivity contribution in [1.82, 2.24) is 10.2 Å². The van der Waals surface area contributed by atoms with Crippen LogP contribution in [0.25, 0.3) is 0 Å². The summed E-state index contributed by atoms with van der Waals surface area (Å²) in [5.41, 5.74) is 2.29. The molecule has 0 fully saturated rings. The molecule has 0 spiro atoms. The lowest BCUT2D eigenvalue weighted by atomic mass is 10.1. The Hall–Kier alpha value is -2.05. The van der Waals surface area contributed by atoms with Gasteiger partial charge in [0.05, 0.1) is 0 Å². The van der Waals surface area contributed by atoms with E-state index in [2.05, 4.69) is 21.2 Å². The Morgan fingerprint density at radius 1 is 1.13 bits per heavy atom. The number of benzene rings is 2. The molecule has 168 valence electrons. The number of hydrogen-bond donors (Lipinski definition) is 1. The SMILES string of the molecule is Cc1cc(OCC(=O)N(Cc2ccc(Br)cc2)C(C)C(=O)NC(C)(C)C)cc(C)c1Cl. The molecule has 0 saturated heterocycles. The first-order valence-electron chi connectivity index (χ1n) is 10.1. The lowest BCUT2D eigenvalue weighted by molar-refractivity contribution is -0.142. The average Bonchev–Trinajstić information content (AvgIpc) is 2.67. The first-order valence-corrected chi connectivity index (χ1v) is 11.3. The Kier molecular flexibility index (Phi) is 8.55. The normalized spacial score (nSPS) is 12.3. The minimum Gasteiger partial charge on any atom is -0.484 e. The number of carbonyl (C=O) groups excluding carboxylic acids is 2. The van der Waals surface area contributed by atoms with Crippen molar-refractivity contribution in [2.45, 2.75) is 59.7 Å². The maximum atomic E-state index is 13.1. The van der Waals surface area contributed by atoms with Crippen LogP contribution in [0, 0.1) is 13.8 Å². The molecule has 5 nitrogen and oxygen atoms in total. The highest BCUT2D eigenvalue weighted by atomic mass is 79.9. The highest BCUT2D eigenvalue weighted by Gasteiger charge is 2.28. The van der Waals surface area contributed by atoms with E-state index in [1.165, 1.54) is 0 Å². The fourth-order valence-corrected chi connectivity index (χ4v) is 3.43. The monoisotopic (exact) mass is 508 g/mol. The molecule has 2 aromatic rings. The number of nitrogens with one attached hydrogen (secondary N) is 1. The second-order valence-corrected chi connectivity index (χ2v) is 10.0. The third-order valence-corrected chi connectivity index (χ3v) is 5.83. The molecular weight excluding hydrogens is 480 g/mol. The van der Waals surface area contributed by atoms with Crippen LogP contribution in [0.4, 0.5) is 0 Å². The van der Waals surface area contributed by atoms with Crippen LogP contribution in [0.1, 0.15) is 44.4 Å². The van der Waals surface area contributed by atoms with E-state index in [1.54, 1.807) is 24.0 Å². The standard InChI is InChI=1S/C24H30BrClN2O3/c1-15-11-20(12-16(2)22(15)26)31-14-21(29)28(13-18-7-9-19(25)10-8-18)17(3)23(30)27-24(4,5)6/h7-12,17H,13-14H2,1-6H3,(H,27,30). The van der Waals surface area contributed by atoms with Gasteiger partial charge in [0.2, 0.25) is 5.91 Å². The highest BCUT2D eigenvalue weighted by molar-refractivity contribution is 9.10. The minimum atomic E-state index is -0.660. The van der Waals surface area contributed by atoms with Gasteiger partial charge < -0.3 is 15.0 Å². The first-order chi connectivity index (χ1) is 14.4. The van der Waals surface area contributed by atoms with Crippen LogP contribution >= 0.6 is 27.5 Å². The molecule has 31 heavy (non-hydrogen) atoms. The molecule has 1 N–H and O–H groups in total. The molecule has 2 rings (SSSR count). The number of hydrogen-bond acceptors (Lipinski definition) is 3. The number of nitrogens with zero attached hydrogens (tertiary/aromatic N) is 1. The van der Waals surface area contributed by atoms with Crippen molar-refractivity contribution in [3.8, 4) is 5.75 Å². The van der Waals surface area contributed by atoms with Gasteiger partial charge in [0.25, 0.3) is 5.91 Å². The van der Waals surface area contributed by atoms with Crippen molar-refractivity contribution in [2.24, 2.45) is 0 Å². The van der Waals surface area contributed by atoms with Crippen LogP contribution in [-0.2, 0) is 16.1 Å². The average molecular weight is 510 g/mol. The summed E-state index contributed by atoms with van der Waals surface area (Å²) >= 11 is 9.63. The quantitative estimate of drug-likeness (QED) is 0.541. The topological polar surface area (TPSA) is 58.6 Å². The molecular formula is C24H30BrClN2O3. The van der Waals surface area contributed by atoms with Gasteiger partial charge in [0, 0.05) is 21.6 Å². The van der Waals surface area contributed by atoms with Gasteiger partial charge in [-0.1, -0.05) is 39.7 Å². The lowest BCUT2D eigenvalue weighted by Crippen LogP contribution is -2.53. The molecule has 2 aromatic carbocycles. The number of carbonyl (C=O) groups is 2. The van der Waals surface area contributed by atoms with Crippen LogP contribution in [0.5, 0.6) is 5.75 Å². The summed E-state index contributed by atoms with van der Waals surface area (Å²) in [6.45, 7) is 11.4. The number of ether oxygens (including phenoxy) is 1. The Morgan fingerprint density at radius 3 is 2.19 bits per heavy atom. The van der Waals surface area contributed by atoms with Gasteiger partial charge in [-0.05, 0) is 82.5 Å². The zero-order valence-corrected chi connectivity index (χ0v) is 21.2. The van der Waals surface area contributed by atoms with E-state index in [9.17, 15) is 9.59 Å². The van der Waals surface area contributed by atoms with Crippen LogP contribution in [0.2, 0.25) is 5.02 Å². The van der Waals surface area contributed by atoms with E-state index >= 15 is 0 Å². The van der Waals surface area contributed by atoms with Gasteiger partial charge in [-0.15, -0.1) is 0 Å². The third-order valence-electron chi connectivity index (χ3n) is 4.70. The summed E-state index contributed by atoms with van der Waals surface area (Å²) in [4.78, 5) is 27.4. The maximum absolute atomic E-state index is 13.1. The molecule has 0 aliphatic carbocycles. The van der Waals surface area contributed by atoms with Crippen LogP contribution in [-0.4, -0.2) is 34.9 Å². The van der Waals surface area contributed by atoms with Crippen LogP contribution in [0.3, 0.4) is 0 Å². The molecule has 0 aliphatic rings. The molecule has 0 heterocycles. The van der Waals surface area contributed by atoms with Gasteiger partial charge in [-0.3, -0.25) is 9.59 Å². The maximum Gasteiger partial charge on any atom is 0.261 e. The number of halogens is 2. The van der Waals surface area contributed by atoms with Gasteiger partial charge >= 0.3 is 0 Å². The molecule has 0 bridgehead atoms. The zero-order chi connectivity index (χ0) is 23.3. The van der Waals surface area contributed by atoms with E-state index in [4.69, 9.17) is 16.3 Å². The summed E-state index contributed by atoms with van der Waals surface area (Å²) in [5.74, 6) is 0.0871. The van der Waals surface area contributed by atoms with Crippen molar-refractivity contribution < 1.29 is 14.3 Å². The van der Waals surface area contributed by atoms with Gasteiger partial charge in [-0.25, -0.2) is 0 Å². The predicted octanol–water partition coefficient (Wildman–Crippen LogP) is 5.43. The van der Waals surface area contributed by atoms with Crippen molar-refractivity contribution in [2.75, 3.05) is 6.61 Å². The number of rotatable bonds is 7. The number of amides is 2. The second kappa shape index (κ2) is 10.5. The Balaban J connectivity index is 2.20.